The summed E-state index contributed by atoms with van der Waals surface area (Å²) in [4.78, 5) is 24.6. The van der Waals surface area contributed by atoms with E-state index >= 15 is 0 Å². The highest BCUT2D eigenvalue weighted by atomic mass is 19.4. The van der Waals surface area contributed by atoms with Gasteiger partial charge in [0.05, 0.1) is 18.7 Å². The zero-order chi connectivity index (χ0) is 16.3. The molecule has 1 aromatic carbocycles. The van der Waals surface area contributed by atoms with Crippen LogP contribution in [0.4, 0.5) is 18.9 Å². The standard InChI is InChI=1S/C14H13F3N2O3/c1-22-6-5-19-12(20)8-11(13(19)21)18-10-4-2-3-9(7-10)14(15,16)17/h2-4,7-8,18H,5-6H2,1H3. The Kier molecular flexibility index (Phi) is 4.51. The number of methoxy groups -OCH3 is 1. The number of amides is 2. The zero-order valence-electron chi connectivity index (χ0n) is 11.6. The first kappa shape index (κ1) is 16.0. The van der Waals surface area contributed by atoms with Crippen LogP contribution in [0.1, 0.15) is 5.56 Å². The second-order valence-corrected chi connectivity index (χ2v) is 4.55. The van der Waals surface area contributed by atoms with E-state index in [1.54, 1.807) is 0 Å². The number of carbonyl (C=O) groups is 2. The van der Waals surface area contributed by atoms with Crippen LogP contribution in [0.3, 0.4) is 0 Å². The summed E-state index contributed by atoms with van der Waals surface area (Å²) >= 11 is 0. The molecule has 2 amide bonds. The van der Waals surface area contributed by atoms with Crippen LogP contribution in [-0.4, -0.2) is 37.0 Å². The molecule has 1 aliphatic rings. The molecule has 0 aromatic heterocycles. The number of rotatable bonds is 5. The van der Waals surface area contributed by atoms with Crippen molar-refractivity contribution in [2.45, 2.75) is 6.18 Å². The van der Waals surface area contributed by atoms with Crippen molar-refractivity contribution < 1.29 is 27.5 Å². The van der Waals surface area contributed by atoms with Crippen molar-refractivity contribution >= 4 is 17.5 Å². The van der Waals surface area contributed by atoms with Gasteiger partial charge in [0.15, 0.2) is 0 Å². The highest BCUT2D eigenvalue weighted by Gasteiger charge is 2.32. The molecule has 1 heterocycles. The fraction of sp³-hybridized carbons (Fsp3) is 0.286. The second kappa shape index (κ2) is 6.18. The van der Waals surface area contributed by atoms with E-state index in [9.17, 15) is 22.8 Å². The number of hydrogen-bond acceptors (Lipinski definition) is 4. The van der Waals surface area contributed by atoms with Crippen molar-refractivity contribution in [1.82, 2.24) is 4.90 Å². The van der Waals surface area contributed by atoms with Crippen LogP contribution < -0.4 is 5.32 Å². The van der Waals surface area contributed by atoms with Crippen molar-refractivity contribution in [3.8, 4) is 0 Å². The van der Waals surface area contributed by atoms with E-state index in [0.29, 0.717) is 0 Å². The lowest BCUT2D eigenvalue weighted by molar-refractivity contribution is -0.138. The molecule has 1 N–H and O–H groups in total. The van der Waals surface area contributed by atoms with Gasteiger partial charge in [-0.3, -0.25) is 14.5 Å². The van der Waals surface area contributed by atoms with Gasteiger partial charge in [0.1, 0.15) is 5.70 Å². The molecule has 22 heavy (non-hydrogen) atoms. The normalized spacial score (nSPS) is 15.3. The molecular weight excluding hydrogens is 301 g/mol. The summed E-state index contributed by atoms with van der Waals surface area (Å²) in [5.74, 6) is -1.13. The van der Waals surface area contributed by atoms with E-state index in [0.717, 1.165) is 23.1 Å². The first-order valence-electron chi connectivity index (χ1n) is 6.33. The van der Waals surface area contributed by atoms with Crippen molar-refractivity contribution in [1.29, 1.82) is 0 Å². The average Bonchev–Trinajstić information content (AvgIpc) is 2.71. The minimum atomic E-state index is -4.48. The number of ether oxygens (including phenoxy) is 1. The van der Waals surface area contributed by atoms with E-state index in [2.05, 4.69) is 5.32 Å². The number of imide groups is 1. The third kappa shape index (κ3) is 3.45. The highest BCUT2D eigenvalue weighted by Crippen LogP contribution is 2.31. The Bertz CT molecular complexity index is 626. The Morgan fingerprint density at radius 1 is 1.27 bits per heavy atom. The fourth-order valence-electron chi connectivity index (χ4n) is 1.92. The maximum Gasteiger partial charge on any atom is 0.416 e. The van der Waals surface area contributed by atoms with Crippen LogP contribution in [0.5, 0.6) is 0 Å². The second-order valence-electron chi connectivity index (χ2n) is 4.55. The number of nitrogens with zero attached hydrogens (tertiary/aromatic N) is 1. The van der Waals surface area contributed by atoms with Crippen LogP contribution in [0, 0.1) is 0 Å². The molecule has 1 aliphatic heterocycles. The zero-order valence-corrected chi connectivity index (χ0v) is 11.6. The van der Waals surface area contributed by atoms with E-state index in [1.807, 2.05) is 0 Å². The van der Waals surface area contributed by atoms with Gasteiger partial charge in [0.25, 0.3) is 11.8 Å². The molecule has 0 unspecified atom stereocenters. The van der Waals surface area contributed by atoms with Gasteiger partial charge in [-0.1, -0.05) is 6.07 Å². The van der Waals surface area contributed by atoms with E-state index in [4.69, 9.17) is 4.74 Å². The Labute approximate surface area is 124 Å². The maximum absolute atomic E-state index is 12.6. The maximum atomic E-state index is 12.6. The molecule has 0 radical (unpaired) electrons. The quantitative estimate of drug-likeness (QED) is 0.845. The third-order valence-electron chi connectivity index (χ3n) is 3.00. The summed E-state index contributed by atoms with van der Waals surface area (Å²) in [7, 11) is 1.43. The molecule has 0 spiro atoms. The van der Waals surface area contributed by atoms with Crippen LogP contribution in [-0.2, 0) is 20.5 Å². The van der Waals surface area contributed by atoms with Gasteiger partial charge in [-0.25, -0.2) is 0 Å². The summed E-state index contributed by atoms with van der Waals surface area (Å²) < 4.78 is 42.7. The Hall–Kier alpha value is -2.35. The summed E-state index contributed by atoms with van der Waals surface area (Å²) in [6.07, 6.45) is -3.43. The smallest absolute Gasteiger partial charge is 0.383 e. The summed E-state index contributed by atoms with van der Waals surface area (Å²) in [6.45, 7) is 0.264. The predicted octanol–water partition coefficient (Wildman–Crippen LogP) is 2.02. The molecule has 0 saturated carbocycles. The molecule has 0 saturated heterocycles. The molecule has 0 aliphatic carbocycles. The van der Waals surface area contributed by atoms with Crippen molar-refractivity contribution in [2.24, 2.45) is 0 Å². The first-order chi connectivity index (χ1) is 10.3. The molecule has 118 valence electrons. The number of benzene rings is 1. The Balaban J connectivity index is 2.13. The van der Waals surface area contributed by atoms with Gasteiger partial charge in [0, 0.05) is 18.9 Å². The number of carbonyl (C=O) groups excluding carboxylic acids is 2. The minimum Gasteiger partial charge on any atom is -0.383 e. The van der Waals surface area contributed by atoms with Gasteiger partial charge >= 0.3 is 6.18 Å². The molecular formula is C14H13F3N2O3. The topological polar surface area (TPSA) is 58.6 Å². The lowest BCUT2D eigenvalue weighted by Crippen LogP contribution is -2.34. The Morgan fingerprint density at radius 3 is 2.64 bits per heavy atom. The molecule has 0 fully saturated rings. The molecule has 0 atom stereocenters. The van der Waals surface area contributed by atoms with E-state index in [1.165, 1.54) is 19.2 Å². The first-order valence-corrected chi connectivity index (χ1v) is 6.33. The van der Waals surface area contributed by atoms with Crippen LogP contribution >= 0.6 is 0 Å². The minimum absolute atomic E-state index is 0.0690. The van der Waals surface area contributed by atoms with Crippen LogP contribution in [0.25, 0.3) is 0 Å². The molecule has 5 nitrogen and oxygen atoms in total. The van der Waals surface area contributed by atoms with Crippen molar-refractivity contribution in [2.75, 3.05) is 25.6 Å². The van der Waals surface area contributed by atoms with Gasteiger partial charge in [0.2, 0.25) is 0 Å². The largest absolute Gasteiger partial charge is 0.416 e. The molecule has 1 aromatic rings. The van der Waals surface area contributed by atoms with E-state index < -0.39 is 23.6 Å². The summed E-state index contributed by atoms with van der Waals surface area (Å²) in [5.41, 5.74) is -0.831. The van der Waals surface area contributed by atoms with Gasteiger partial charge in [-0.15, -0.1) is 0 Å². The lowest BCUT2D eigenvalue weighted by atomic mass is 10.2. The molecule has 8 heteroatoms. The molecule has 0 bridgehead atoms. The number of anilines is 1. The predicted molar refractivity (Wildman–Crippen MR) is 71.7 cm³/mol. The van der Waals surface area contributed by atoms with Crippen molar-refractivity contribution in [3.05, 3.63) is 41.6 Å². The highest BCUT2D eigenvalue weighted by molar-refractivity contribution is 6.17. The Morgan fingerprint density at radius 2 is 2.00 bits per heavy atom. The van der Waals surface area contributed by atoms with Crippen molar-refractivity contribution in [3.63, 3.8) is 0 Å². The number of hydrogen-bond donors (Lipinski definition) is 1. The number of halogens is 3. The van der Waals surface area contributed by atoms with Gasteiger partial charge in [-0.05, 0) is 18.2 Å². The lowest BCUT2D eigenvalue weighted by Gasteiger charge is -2.15. The summed E-state index contributed by atoms with van der Waals surface area (Å²) in [5, 5.41) is 2.55. The monoisotopic (exact) mass is 314 g/mol. The fourth-order valence-corrected chi connectivity index (χ4v) is 1.92. The summed E-state index contributed by atoms with van der Waals surface area (Å²) in [6, 6.07) is 4.39. The third-order valence-corrected chi connectivity index (χ3v) is 3.00. The van der Waals surface area contributed by atoms with Gasteiger partial charge < -0.3 is 10.1 Å². The number of alkyl halides is 3. The number of nitrogens with one attached hydrogen (secondary N) is 1. The van der Waals surface area contributed by atoms with Crippen LogP contribution in [0.2, 0.25) is 0 Å². The molecule has 2 rings (SSSR count). The average molecular weight is 314 g/mol. The van der Waals surface area contributed by atoms with Gasteiger partial charge in [-0.2, -0.15) is 13.2 Å². The van der Waals surface area contributed by atoms with Crippen LogP contribution in [0.15, 0.2) is 36.0 Å². The van der Waals surface area contributed by atoms with E-state index in [-0.39, 0.29) is 24.5 Å². The SMILES string of the molecule is COCCN1C(=O)C=C(Nc2cccc(C(F)(F)F)c2)C1=O.